The third-order valence-corrected chi connectivity index (χ3v) is 2.05. The van der Waals surface area contributed by atoms with Crippen LogP contribution in [0.1, 0.15) is 0 Å². The molecule has 0 radical (unpaired) electrons. The Morgan fingerprint density at radius 3 is 2.88 bits per heavy atom. The Kier molecular flexibility index (Phi) is 4.16. The molecule has 0 fully saturated rings. The van der Waals surface area contributed by atoms with Crippen LogP contribution in [0.5, 0.6) is 0 Å². The first-order valence-electron chi connectivity index (χ1n) is 4.40. The number of rotatable bonds is 4. The summed E-state index contributed by atoms with van der Waals surface area (Å²) >= 11 is 5.55. The second-order valence-electron chi connectivity index (χ2n) is 3.04. The van der Waals surface area contributed by atoms with Gasteiger partial charge in [-0.05, 0) is 11.6 Å². The van der Waals surface area contributed by atoms with E-state index in [1.807, 2.05) is 0 Å². The minimum atomic E-state index is -0.653. The summed E-state index contributed by atoms with van der Waals surface area (Å²) in [6, 6.07) is 0. The van der Waals surface area contributed by atoms with Gasteiger partial charge in [0.2, 0.25) is 11.1 Å². The normalized spacial score (nSPS) is 9.82. The van der Waals surface area contributed by atoms with E-state index in [1.165, 1.54) is 19.1 Å². The van der Waals surface area contributed by atoms with Gasteiger partial charge in [0.1, 0.15) is 12.7 Å². The molecule has 0 aliphatic rings. The van der Waals surface area contributed by atoms with Crippen LogP contribution in [-0.2, 0) is 9.53 Å². The van der Waals surface area contributed by atoms with Crippen molar-refractivity contribution in [2.45, 2.75) is 0 Å². The molecule has 1 aromatic rings. The monoisotopic (exact) mass is 260 g/mol. The molecule has 0 atom stereocenters. The number of hydrogen-bond acceptors (Lipinski definition) is 7. The summed E-state index contributed by atoms with van der Waals surface area (Å²) < 4.78 is 4.45. The fraction of sp³-hybridized carbons (Fsp3) is 0.375. The molecule has 9 heteroatoms. The molecule has 0 bridgehead atoms. The molecule has 17 heavy (non-hydrogen) atoms. The van der Waals surface area contributed by atoms with Gasteiger partial charge in [-0.2, -0.15) is 4.98 Å². The van der Waals surface area contributed by atoms with Gasteiger partial charge in [0, 0.05) is 7.05 Å². The lowest BCUT2D eigenvalue weighted by molar-refractivity contribution is -0.384. The molecule has 1 rings (SSSR count). The zero-order valence-electron chi connectivity index (χ0n) is 9.08. The van der Waals surface area contributed by atoms with Crippen molar-refractivity contribution in [1.29, 1.82) is 0 Å². The summed E-state index contributed by atoms with van der Waals surface area (Å²) in [6.07, 6.45) is 0.985. The maximum absolute atomic E-state index is 11.1. The smallest absolute Gasteiger partial charge is 0.329 e. The molecular weight excluding hydrogens is 252 g/mol. The minimum absolute atomic E-state index is 0.0413. The Morgan fingerprint density at radius 1 is 1.71 bits per heavy atom. The molecule has 1 heterocycles. The van der Waals surface area contributed by atoms with Crippen LogP contribution in [0.4, 0.5) is 11.5 Å². The van der Waals surface area contributed by atoms with Gasteiger partial charge in [0.05, 0.1) is 12.0 Å². The highest BCUT2D eigenvalue weighted by atomic mass is 35.5. The standard InChI is InChI=1S/C8H9ClN4O4/c1-12(4-6(14)17-2)7-5(13(15)16)3-10-8(9)11-7/h3H,4H2,1-2H3. The SMILES string of the molecule is COC(=O)CN(C)c1nc(Cl)ncc1[N+](=O)[O-]. The zero-order valence-corrected chi connectivity index (χ0v) is 9.84. The summed E-state index contributed by atoms with van der Waals surface area (Å²) in [5, 5.41) is 10.6. The van der Waals surface area contributed by atoms with E-state index >= 15 is 0 Å². The Balaban J connectivity index is 3.06. The van der Waals surface area contributed by atoms with Gasteiger partial charge in [-0.25, -0.2) is 4.98 Å². The van der Waals surface area contributed by atoms with E-state index in [-0.39, 0.29) is 23.3 Å². The summed E-state index contributed by atoms with van der Waals surface area (Å²) in [6.45, 7) is -0.176. The van der Waals surface area contributed by atoms with Crippen molar-refractivity contribution in [2.75, 3.05) is 25.6 Å². The fourth-order valence-corrected chi connectivity index (χ4v) is 1.22. The van der Waals surface area contributed by atoms with E-state index in [4.69, 9.17) is 11.6 Å². The van der Waals surface area contributed by atoms with Crippen molar-refractivity contribution >= 4 is 29.1 Å². The Labute approximate surface area is 101 Å². The van der Waals surface area contributed by atoms with E-state index in [9.17, 15) is 14.9 Å². The maximum atomic E-state index is 11.1. The number of hydrogen-bond donors (Lipinski definition) is 0. The Hall–Kier alpha value is -1.96. The molecule has 1 aromatic heterocycles. The lowest BCUT2D eigenvalue weighted by Crippen LogP contribution is -2.28. The van der Waals surface area contributed by atoms with Crippen molar-refractivity contribution in [3.8, 4) is 0 Å². The molecule has 0 spiro atoms. The molecule has 0 saturated carbocycles. The quantitative estimate of drug-likeness (QED) is 0.339. The molecule has 8 nitrogen and oxygen atoms in total. The number of carbonyl (C=O) groups excluding carboxylic acids is 1. The fourth-order valence-electron chi connectivity index (χ4n) is 1.09. The third-order valence-electron chi connectivity index (χ3n) is 1.87. The summed E-state index contributed by atoms with van der Waals surface area (Å²) in [4.78, 5) is 29.6. The number of esters is 1. The number of nitro groups is 1. The third kappa shape index (κ3) is 3.25. The van der Waals surface area contributed by atoms with Gasteiger partial charge >= 0.3 is 11.7 Å². The molecule has 0 saturated heterocycles. The minimum Gasteiger partial charge on any atom is -0.468 e. The molecule has 0 unspecified atom stereocenters. The lowest BCUT2D eigenvalue weighted by Gasteiger charge is -2.15. The van der Waals surface area contributed by atoms with Crippen LogP contribution in [0.25, 0.3) is 0 Å². The first kappa shape index (κ1) is 13.1. The van der Waals surface area contributed by atoms with Crippen molar-refractivity contribution in [3.05, 3.63) is 21.6 Å². The Bertz CT molecular complexity index is 453. The number of methoxy groups -OCH3 is 1. The molecular formula is C8H9ClN4O4. The Morgan fingerprint density at radius 2 is 2.35 bits per heavy atom. The zero-order chi connectivity index (χ0) is 13.0. The summed E-state index contributed by atoms with van der Waals surface area (Å²) in [7, 11) is 2.68. The van der Waals surface area contributed by atoms with Crippen molar-refractivity contribution in [1.82, 2.24) is 9.97 Å². The molecule has 0 aliphatic carbocycles. The number of aromatic nitrogens is 2. The van der Waals surface area contributed by atoms with Crippen molar-refractivity contribution in [3.63, 3.8) is 0 Å². The van der Waals surface area contributed by atoms with Crippen LogP contribution in [0, 0.1) is 10.1 Å². The predicted molar refractivity (Wildman–Crippen MR) is 59.0 cm³/mol. The van der Waals surface area contributed by atoms with Gasteiger partial charge in [0.25, 0.3) is 0 Å². The number of halogens is 1. The van der Waals surface area contributed by atoms with Crippen LogP contribution in [-0.4, -0.2) is 41.6 Å². The largest absolute Gasteiger partial charge is 0.468 e. The highest BCUT2D eigenvalue weighted by Crippen LogP contribution is 2.24. The lowest BCUT2D eigenvalue weighted by atomic mass is 10.4. The average molecular weight is 261 g/mol. The first-order valence-corrected chi connectivity index (χ1v) is 4.78. The van der Waals surface area contributed by atoms with Crippen LogP contribution in [0.3, 0.4) is 0 Å². The van der Waals surface area contributed by atoms with Gasteiger partial charge in [-0.3, -0.25) is 14.9 Å². The maximum Gasteiger partial charge on any atom is 0.329 e. The number of ether oxygens (including phenoxy) is 1. The summed E-state index contributed by atoms with van der Waals surface area (Å²) in [5.74, 6) is -0.586. The predicted octanol–water partition coefficient (Wildman–Crippen LogP) is 0.647. The number of nitrogens with zero attached hydrogens (tertiary/aromatic N) is 4. The van der Waals surface area contributed by atoms with Gasteiger partial charge < -0.3 is 9.64 Å². The van der Waals surface area contributed by atoms with E-state index in [2.05, 4.69) is 14.7 Å². The summed E-state index contributed by atoms with van der Waals surface area (Å²) in [5.41, 5.74) is -0.333. The molecule has 0 aromatic carbocycles. The van der Waals surface area contributed by atoms with Crippen molar-refractivity contribution in [2.24, 2.45) is 0 Å². The molecule has 0 aliphatic heterocycles. The van der Waals surface area contributed by atoms with E-state index in [0.29, 0.717) is 0 Å². The molecule has 92 valence electrons. The van der Waals surface area contributed by atoms with E-state index in [0.717, 1.165) is 6.20 Å². The second kappa shape index (κ2) is 5.39. The van der Waals surface area contributed by atoms with Crippen LogP contribution >= 0.6 is 11.6 Å². The number of likely N-dealkylation sites (N-methyl/N-ethyl adjacent to an activating group) is 1. The van der Waals surface area contributed by atoms with Crippen LogP contribution < -0.4 is 4.90 Å². The van der Waals surface area contributed by atoms with Crippen LogP contribution in [0.15, 0.2) is 6.20 Å². The van der Waals surface area contributed by atoms with Gasteiger partial charge in [-0.1, -0.05) is 0 Å². The van der Waals surface area contributed by atoms with E-state index in [1.54, 1.807) is 0 Å². The number of anilines is 1. The van der Waals surface area contributed by atoms with E-state index < -0.39 is 10.9 Å². The highest BCUT2D eigenvalue weighted by Gasteiger charge is 2.21. The average Bonchev–Trinajstić information content (AvgIpc) is 2.28. The van der Waals surface area contributed by atoms with Gasteiger partial charge in [0.15, 0.2) is 0 Å². The number of carbonyl (C=O) groups is 1. The second-order valence-corrected chi connectivity index (χ2v) is 3.38. The van der Waals surface area contributed by atoms with Crippen molar-refractivity contribution < 1.29 is 14.5 Å². The van der Waals surface area contributed by atoms with Gasteiger partial charge in [-0.15, -0.1) is 0 Å². The first-order chi connectivity index (χ1) is 7.95. The molecule has 0 amide bonds. The highest BCUT2D eigenvalue weighted by molar-refractivity contribution is 6.28. The van der Waals surface area contributed by atoms with Crippen LogP contribution in [0.2, 0.25) is 5.28 Å². The topological polar surface area (TPSA) is 98.5 Å². The molecule has 0 N–H and O–H groups in total.